The van der Waals surface area contributed by atoms with Crippen LogP contribution < -0.4 is 5.73 Å². The van der Waals surface area contributed by atoms with Crippen LogP contribution in [-0.4, -0.2) is 26.0 Å². The lowest BCUT2D eigenvalue weighted by Gasteiger charge is -2.10. The SMILES string of the molecule is COC(=O)CC(CN)C(F)F. The molecule has 0 heterocycles. The number of nitrogens with two attached hydrogens (primary N) is 1. The van der Waals surface area contributed by atoms with Gasteiger partial charge in [-0.25, -0.2) is 8.78 Å². The van der Waals surface area contributed by atoms with Crippen molar-refractivity contribution >= 4 is 5.97 Å². The number of rotatable bonds is 4. The number of halogens is 2. The van der Waals surface area contributed by atoms with Gasteiger partial charge in [0.2, 0.25) is 6.43 Å². The summed E-state index contributed by atoms with van der Waals surface area (Å²) >= 11 is 0. The minimum absolute atomic E-state index is 0.202. The zero-order chi connectivity index (χ0) is 8.85. The molecule has 0 spiro atoms. The fourth-order valence-electron chi connectivity index (χ4n) is 0.573. The van der Waals surface area contributed by atoms with E-state index >= 15 is 0 Å². The van der Waals surface area contributed by atoms with Crippen molar-refractivity contribution in [2.45, 2.75) is 12.8 Å². The molecule has 1 atom stereocenters. The Balaban J connectivity index is 3.78. The van der Waals surface area contributed by atoms with Crippen LogP contribution in [0.3, 0.4) is 0 Å². The van der Waals surface area contributed by atoms with Gasteiger partial charge in [-0.05, 0) is 0 Å². The van der Waals surface area contributed by atoms with Crippen molar-refractivity contribution in [3.63, 3.8) is 0 Å². The van der Waals surface area contributed by atoms with E-state index in [0.29, 0.717) is 0 Å². The molecule has 0 aliphatic rings. The molecule has 2 N–H and O–H groups in total. The van der Waals surface area contributed by atoms with Crippen molar-refractivity contribution in [2.75, 3.05) is 13.7 Å². The first-order valence-electron chi connectivity index (χ1n) is 3.16. The molecule has 0 aliphatic heterocycles. The molecule has 0 aromatic carbocycles. The highest BCUT2D eigenvalue weighted by atomic mass is 19.3. The lowest BCUT2D eigenvalue weighted by molar-refractivity contribution is -0.143. The van der Waals surface area contributed by atoms with E-state index in [1.54, 1.807) is 0 Å². The molecule has 0 fully saturated rings. The number of carbonyl (C=O) groups is 1. The number of esters is 1. The smallest absolute Gasteiger partial charge is 0.306 e. The van der Waals surface area contributed by atoms with E-state index in [4.69, 9.17) is 5.73 Å². The topological polar surface area (TPSA) is 52.3 Å². The van der Waals surface area contributed by atoms with E-state index in [2.05, 4.69) is 4.74 Å². The predicted molar refractivity (Wildman–Crippen MR) is 35.2 cm³/mol. The van der Waals surface area contributed by atoms with Gasteiger partial charge in [0.05, 0.1) is 13.5 Å². The van der Waals surface area contributed by atoms with Gasteiger partial charge in [0.25, 0.3) is 0 Å². The van der Waals surface area contributed by atoms with Crippen LogP contribution in [0.5, 0.6) is 0 Å². The Bertz CT molecular complexity index is 130. The maximum atomic E-state index is 11.9. The van der Waals surface area contributed by atoms with Gasteiger partial charge in [-0.1, -0.05) is 0 Å². The van der Waals surface area contributed by atoms with Crippen LogP contribution in [0.2, 0.25) is 0 Å². The first-order chi connectivity index (χ1) is 5.11. The van der Waals surface area contributed by atoms with Gasteiger partial charge < -0.3 is 10.5 Å². The summed E-state index contributed by atoms with van der Waals surface area (Å²) in [5.41, 5.74) is 4.99. The molecule has 3 nitrogen and oxygen atoms in total. The molecule has 66 valence electrons. The highest BCUT2D eigenvalue weighted by molar-refractivity contribution is 5.69. The third-order valence-corrected chi connectivity index (χ3v) is 1.32. The van der Waals surface area contributed by atoms with Crippen LogP contribution in [0.1, 0.15) is 6.42 Å². The second kappa shape index (κ2) is 5.01. The van der Waals surface area contributed by atoms with E-state index in [0.717, 1.165) is 7.11 Å². The first-order valence-corrected chi connectivity index (χ1v) is 3.16. The van der Waals surface area contributed by atoms with Crippen molar-refractivity contribution in [3.05, 3.63) is 0 Å². The molecular weight excluding hydrogens is 156 g/mol. The van der Waals surface area contributed by atoms with E-state index in [-0.39, 0.29) is 13.0 Å². The third-order valence-electron chi connectivity index (χ3n) is 1.32. The van der Waals surface area contributed by atoms with Gasteiger partial charge in [-0.3, -0.25) is 4.79 Å². The van der Waals surface area contributed by atoms with E-state index < -0.39 is 18.3 Å². The average Bonchev–Trinajstić information content (AvgIpc) is 1.99. The maximum absolute atomic E-state index is 11.9. The number of hydrogen-bond acceptors (Lipinski definition) is 3. The van der Waals surface area contributed by atoms with Crippen molar-refractivity contribution in [1.29, 1.82) is 0 Å². The van der Waals surface area contributed by atoms with Crippen molar-refractivity contribution < 1.29 is 18.3 Å². The molecule has 0 radical (unpaired) electrons. The van der Waals surface area contributed by atoms with Gasteiger partial charge in [0.15, 0.2) is 0 Å². The minimum Gasteiger partial charge on any atom is -0.469 e. The number of methoxy groups -OCH3 is 1. The lowest BCUT2D eigenvalue weighted by atomic mass is 10.1. The molecular formula is C6H11F2NO2. The maximum Gasteiger partial charge on any atom is 0.306 e. The lowest BCUT2D eigenvalue weighted by Crippen LogP contribution is -2.25. The molecule has 0 amide bonds. The van der Waals surface area contributed by atoms with Gasteiger partial charge in [0, 0.05) is 12.5 Å². The summed E-state index contributed by atoms with van der Waals surface area (Å²) < 4.78 is 28.0. The molecule has 0 bridgehead atoms. The summed E-state index contributed by atoms with van der Waals surface area (Å²) in [6, 6.07) is 0. The monoisotopic (exact) mass is 167 g/mol. The Hall–Kier alpha value is -0.710. The van der Waals surface area contributed by atoms with Crippen molar-refractivity contribution in [1.82, 2.24) is 0 Å². The Morgan fingerprint density at radius 3 is 2.45 bits per heavy atom. The Kier molecular flexibility index (Phi) is 4.69. The highest BCUT2D eigenvalue weighted by Crippen LogP contribution is 2.12. The molecule has 0 saturated carbocycles. The number of alkyl halides is 2. The van der Waals surface area contributed by atoms with Gasteiger partial charge >= 0.3 is 5.97 Å². The zero-order valence-electron chi connectivity index (χ0n) is 6.22. The van der Waals surface area contributed by atoms with Crippen LogP contribution in [0.4, 0.5) is 8.78 Å². The Labute approximate surface area is 63.5 Å². The summed E-state index contributed by atoms with van der Waals surface area (Å²) in [5.74, 6) is -1.73. The molecule has 11 heavy (non-hydrogen) atoms. The van der Waals surface area contributed by atoms with Crippen molar-refractivity contribution in [2.24, 2.45) is 11.7 Å². The first kappa shape index (κ1) is 10.3. The van der Waals surface area contributed by atoms with Gasteiger partial charge in [0.1, 0.15) is 0 Å². The van der Waals surface area contributed by atoms with Crippen LogP contribution in [0.25, 0.3) is 0 Å². The third kappa shape index (κ3) is 3.87. The molecule has 0 rings (SSSR count). The molecule has 1 unspecified atom stereocenters. The summed E-state index contributed by atoms with van der Waals surface area (Å²) in [6.07, 6.45) is -2.87. The number of hydrogen-bond donors (Lipinski definition) is 1. The summed E-state index contributed by atoms with van der Waals surface area (Å²) in [4.78, 5) is 10.5. The van der Waals surface area contributed by atoms with E-state index in [9.17, 15) is 13.6 Å². The quantitative estimate of drug-likeness (QED) is 0.616. The molecule has 0 aliphatic carbocycles. The van der Waals surface area contributed by atoms with E-state index in [1.807, 2.05) is 0 Å². The summed E-state index contributed by atoms with van der Waals surface area (Å²) in [7, 11) is 1.15. The summed E-state index contributed by atoms with van der Waals surface area (Å²) in [5, 5.41) is 0. The van der Waals surface area contributed by atoms with Crippen LogP contribution in [-0.2, 0) is 9.53 Å². The second-order valence-corrected chi connectivity index (χ2v) is 2.11. The Morgan fingerprint density at radius 2 is 2.18 bits per heavy atom. The predicted octanol–water partition coefficient (Wildman–Crippen LogP) is 0.389. The van der Waals surface area contributed by atoms with E-state index in [1.165, 1.54) is 0 Å². The Morgan fingerprint density at radius 1 is 1.64 bits per heavy atom. The number of ether oxygens (including phenoxy) is 1. The minimum atomic E-state index is -2.56. The molecule has 0 aromatic rings. The summed E-state index contributed by atoms with van der Waals surface area (Å²) in [6.45, 7) is -0.202. The molecule has 0 saturated heterocycles. The fraction of sp³-hybridized carbons (Fsp3) is 0.833. The fourth-order valence-corrected chi connectivity index (χ4v) is 0.573. The normalized spacial score (nSPS) is 13.2. The standard InChI is InChI=1S/C6H11F2NO2/c1-11-5(10)2-4(3-9)6(7)8/h4,6H,2-3,9H2,1H3. The average molecular weight is 167 g/mol. The largest absolute Gasteiger partial charge is 0.469 e. The molecule has 0 aromatic heterocycles. The second-order valence-electron chi connectivity index (χ2n) is 2.11. The van der Waals surface area contributed by atoms with Gasteiger partial charge in [-0.2, -0.15) is 0 Å². The van der Waals surface area contributed by atoms with Crippen LogP contribution in [0.15, 0.2) is 0 Å². The molecule has 5 heteroatoms. The highest BCUT2D eigenvalue weighted by Gasteiger charge is 2.21. The number of carbonyl (C=O) groups excluding carboxylic acids is 1. The van der Waals surface area contributed by atoms with Crippen LogP contribution >= 0.6 is 0 Å². The van der Waals surface area contributed by atoms with Crippen molar-refractivity contribution in [3.8, 4) is 0 Å². The van der Waals surface area contributed by atoms with Crippen LogP contribution in [0, 0.1) is 5.92 Å². The zero-order valence-corrected chi connectivity index (χ0v) is 6.22. The van der Waals surface area contributed by atoms with Gasteiger partial charge in [-0.15, -0.1) is 0 Å².